The zero-order valence-electron chi connectivity index (χ0n) is 13.6. The molecule has 0 saturated carbocycles. The first-order valence-corrected chi connectivity index (χ1v) is 8.58. The first-order valence-electron chi connectivity index (χ1n) is 8.58. The minimum atomic E-state index is -0.184. The summed E-state index contributed by atoms with van der Waals surface area (Å²) in [6.07, 6.45) is 15.8. The predicted molar refractivity (Wildman–Crippen MR) is 88.1 cm³/mol. The van der Waals surface area contributed by atoms with Gasteiger partial charge in [-0.15, -0.1) is 0 Å². The van der Waals surface area contributed by atoms with Crippen LogP contribution in [0.15, 0.2) is 5.11 Å². The summed E-state index contributed by atoms with van der Waals surface area (Å²) in [5.74, 6) is -0.184. The summed E-state index contributed by atoms with van der Waals surface area (Å²) in [5.41, 5.74) is 8.08. The second-order valence-electron chi connectivity index (χ2n) is 5.63. The molecule has 0 atom stereocenters. The number of hydrogen-bond donors (Lipinski definition) is 1. The molecule has 0 saturated heterocycles. The van der Waals surface area contributed by atoms with Crippen LogP contribution in [0.5, 0.6) is 0 Å². The molecule has 0 rings (SSSR count). The average Bonchev–Trinajstić information content (AvgIpc) is 2.49. The molecule has 0 heterocycles. The Morgan fingerprint density at radius 2 is 1.38 bits per heavy atom. The summed E-state index contributed by atoms with van der Waals surface area (Å²) in [7, 11) is 0. The van der Waals surface area contributed by atoms with Crippen molar-refractivity contribution in [2.24, 2.45) is 5.11 Å². The zero-order valence-corrected chi connectivity index (χ0v) is 13.6. The van der Waals surface area contributed by atoms with Gasteiger partial charge >= 0.3 is 0 Å². The number of rotatable bonds is 15. The third-order valence-electron chi connectivity index (χ3n) is 3.63. The molecule has 5 heteroatoms. The fourth-order valence-electron chi connectivity index (χ4n) is 2.35. The highest BCUT2D eigenvalue weighted by molar-refractivity contribution is 5.78. The second kappa shape index (κ2) is 16.8. The summed E-state index contributed by atoms with van der Waals surface area (Å²) in [6, 6.07) is 0. The van der Waals surface area contributed by atoms with Gasteiger partial charge in [-0.1, -0.05) is 82.7 Å². The van der Waals surface area contributed by atoms with Crippen LogP contribution >= 0.6 is 0 Å². The number of nitrogens with zero attached hydrogens (tertiary/aromatic N) is 3. The highest BCUT2D eigenvalue weighted by Crippen LogP contribution is 2.11. The fraction of sp³-hybridized carbons (Fsp3) is 0.938. The van der Waals surface area contributed by atoms with Crippen LogP contribution in [0.2, 0.25) is 0 Å². The first kappa shape index (κ1) is 19.8. The van der Waals surface area contributed by atoms with Crippen molar-refractivity contribution in [1.82, 2.24) is 5.32 Å². The van der Waals surface area contributed by atoms with E-state index in [-0.39, 0.29) is 12.5 Å². The van der Waals surface area contributed by atoms with E-state index in [0.29, 0.717) is 6.54 Å². The van der Waals surface area contributed by atoms with Crippen molar-refractivity contribution in [2.45, 2.75) is 84.0 Å². The predicted octanol–water partition coefficient (Wildman–Crippen LogP) is 5.11. The lowest BCUT2D eigenvalue weighted by molar-refractivity contribution is -0.119. The summed E-state index contributed by atoms with van der Waals surface area (Å²) < 4.78 is 0. The van der Waals surface area contributed by atoms with Gasteiger partial charge in [0.15, 0.2) is 0 Å². The SMILES string of the molecule is CCCCCCCCCCCCCCNC(=O)CN=[N+]=[N-]. The number of amides is 1. The molecule has 21 heavy (non-hydrogen) atoms. The monoisotopic (exact) mass is 296 g/mol. The van der Waals surface area contributed by atoms with Crippen molar-refractivity contribution in [2.75, 3.05) is 13.1 Å². The quantitative estimate of drug-likeness (QED) is 0.194. The zero-order chi connectivity index (χ0) is 15.6. The van der Waals surface area contributed by atoms with Crippen LogP contribution in [0.1, 0.15) is 84.0 Å². The molecule has 1 N–H and O–H groups in total. The largest absolute Gasteiger partial charge is 0.356 e. The van der Waals surface area contributed by atoms with Crippen LogP contribution in [0.4, 0.5) is 0 Å². The van der Waals surface area contributed by atoms with Crippen molar-refractivity contribution in [1.29, 1.82) is 0 Å². The van der Waals surface area contributed by atoms with Gasteiger partial charge in [-0.05, 0) is 12.0 Å². The molecule has 1 amide bonds. The molecule has 0 unspecified atom stereocenters. The molecule has 0 aromatic carbocycles. The molecule has 0 aliphatic heterocycles. The summed E-state index contributed by atoms with van der Waals surface area (Å²) >= 11 is 0. The highest BCUT2D eigenvalue weighted by atomic mass is 16.1. The van der Waals surface area contributed by atoms with Crippen LogP contribution < -0.4 is 5.32 Å². The minimum Gasteiger partial charge on any atom is -0.356 e. The Labute approximate surface area is 129 Å². The van der Waals surface area contributed by atoms with Crippen molar-refractivity contribution < 1.29 is 4.79 Å². The Morgan fingerprint density at radius 3 is 1.86 bits per heavy atom. The third-order valence-corrected chi connectivity index (χ3v) is 3.63. The molecule has 0 spiro atoms. The van der Waals surface area contributed by atoms with E-state index < -0.39 is 0 Å². The lowest BCUT2D eigenvalue weighted by atomic mass is 10.1. The van der Waals surface area contributed by atoms with Crippen LogP contribution in [0.3, 0.4) is 0 Å². The molecule has 5 nitrogen and oxygen atoms in total. The molecular formula is C16H32N4O. The minimum absolute atomic E-state index is 0.0885. The Kier molecular flexibility index (Phi) is 15.9. The smallest absolute Gasteiger partial charge is 0.225 e. The van der Waals surface area contributed by atoms with Crippen molar-refractivity contribution in [3.05, 3.63) is 10.4 Å². The third kappa shape index (κ3) is 16.7. The normalized spacial score (nSPS) is 10.1. The maximum atomic E-state index is 11.1. The van der Waals surface area contributed by atoms with Crippen LogP contribution in [0.25, 0.3) is 10.4 Å². The topological polar surface area (TPSA) is 77.9 Å². The summed E-state index contributed by atoms with van der Waals surface area (Å²) in [6.45, 7) is 2.86. The van der Waals surface area contributed by atoms with E-state index in [4.69, 9.17) is 5.53 Å². The van der Waals surface area contributed by atoms with Crippen LogP contribution in [0, 0.1) is 0 Å². The van der Waals surface area contributed by atoms with E-state index in [2.05, 4.69) is 22.3 Å². The Bertz CT molecular complexity index is 288. The molecule has 0 radical (unpaired) electrons. The van der Waals surface area contributed by atoms with E-state index in [9.17, 15) is 4.79 Å². The fourth-order valence-corrected chi connectivity index (χ4v) is 2.35. The van der Waals surface area contributed by atoms with Gasteiger partial charge in [0.1, 0.15) is 6.54 Å². The molecule has 0 aliphatic rings. The lowest BCUT2D eigenvalue weighted by Gasteiger charge is -2.04. The Balaban J connectivity index is 3.09. The van der Waals surface area contributed by atoms with E-state index >= 15 is 0 Å². The maximum Gasteiger partial charge on any atom is 0.225 e. The number of nitrogens with one attached hydrogen (secondary N) is 1. The summed E-state index contributed by atoms with van der Waals surface area (Å²) in [5, 5.41) is 5.97. The van der Waals surface area contributed by atoms with Gasteiger partial charge in [-0.2, -0.15) is 0 Å². The highest BCUT2D eigenvalue weighted by Gasteiger charge is 1.97. The van der Waals surface area contributed by atoms with E-state index in [0.717, 1.165) is 12.8 Å². The van der Waals surface area contributed by atoms with Gasteiger partial charge in [0.05, 0.1) is 0 Å². The number of hydrogen-bond acceptors (Lipinski definition) is 2. The molecule has 0 aromatic heterocycles. The van der Waals surface area contributed by atoms with Crippen molar-refractivity contribution in [3.8, 4) is 0 Å². The number of carbonyl (C=O) groups is 1. The van der Waals surface area contributed by atoms with E-state index in [1.54, 1.807) is 0 Å². The molecule has 0 bridgehead atoms. The molecule has 122 valence electrons. The van der Waals surface area contributed by atoms with Crippen LogP contribution in [-0.4, -0.2) is 19.0 Å². The lowest BCUT2D eigenvalue weighted by Crippen LogP contribution is -2.26. The van der Waals surface area contributed by atoms with Gasteiger partial charge in [0.25, 0.3) is 0 Å². The maximum absolute atomic E-state index is 11.1. The van der Waals surface area contributed by atoms with E-state index in [1.165, 1.54) is 64.2 Å². The molecule has 0 aliphatic carbocycles. The molecular weight excluding hydrogens is 264 g/mol. The van der Waals surface area contributed by atoms with Gasteiger partial charge in [-0.3, -0.25) is 4.79 Å². The van der Waals surface area contributed by atoms with E-state index in [1.807, 2.05) is 0 Å². The number of carbonyl (C=O) groups excluding carboxylic acids is 1. The Hall–Kier alpha value is -1.22. The average molecular weight is 296 g/mol. The Morgan fingerprint density at radius 1 is 0.905 bits per heavy atom. The number of azide groups is 1. The van der Waals surface area contributed by atoms with Crippen molar-refractivity contribution >= 4 is 5.91 Å². The first-order chi connectivity index (χ1) is 10.3. The van der Waals surface area contributed by atoms with Gasteiger partial charge < -0.3 is 5.32 Å². The molecule has 0 fully saturated rings. The van der Waals surface area contributed by atoms with Gasteiger partial charge in [0, 0.05) is 11.5 Å². The standard InChI is InChI=1S/C16H32N4O/c1-2-3-4-5-6-7-8-9-10-11-12-13-14-18-16(21)15-19-20-17/h2-15H2,1H3,(H,18,21). The van der Waals surface area contributed by atoms with Crippen LogP contribution in [-0.2, 0) is 4.79 Å². The van der Waals surface area contributed by atoms with Gasteiger partial charge in [-0.25, -0.2) is 0 Å². The molecule has 0 aromatic rings. The number of unbranched alkanes of at least 4 members (excludes halogenated alkanes) is 11. The van der Waals surface area contributed by atoms with Crippen molar-refractivity contribution in [3.63, 3.8) is 0 Å². The second-order valence-corrected chi connectivity index (χ2v) is 5.63. The van der Waals surface area contributed by atoms with Gasteiger partial charge in [0.2, 0.25) is 5.91 Å². The summed E-state index contributed by atoms with van der Waals surface area (Å²) in [4.78, 5) is 13.7.